The molecule has 1 aliphatic rings. The van der Waals surface area contributed by atoms with Crippen LogP contribution in [0.3, 0.4) is 0 Å². The second-order valence-corrected chi connectivity index (χ2v) is 8.94. The van der Waals surface area contributed by atoms with Gasteiger partial charge in [0.15, 0.2) is 0 Å². The van der Waals surface area contributed by atoms with Gasteiger partial charge in [0.25, 0.3) is 0 Å². The molecule has 2 N–H and O–H groups in total. The molecule has 1 aromatic heterocycles. The topological polar surface area (TPSA) is 67.2 Å². The van der Waals surface area contributed by atoms with Crippen molar-refractivity contribution in [1.29, 1.82) is 0 Å². The molecule has 1 heterocycles. The van der Waals surface area contributed by atoms with Gasteiger partial charge < -0.3 is 9.67 Å². The molecule has 1 aromatic carbocycles. The molecular weight excluding hydrogens is 314 g/mol. The van der Waals surface area contributed by atoms with E-state index in [2.05, 4.69) is 35.6 Å². The third kappa shape index (κ3) is 3.87. The van der Waals surface area contributed by atoms with Crippen LogP contribution in [0.25, 0.3) is 11.0 Å². The lowest BCUT2D eigenvalue weighted by atomic mass is 9.92. The number of hydrogen-bond donors (Lipinski definition) is 2. The van der Waals surface area contributed by atoms with Gasteiger partial charge in [-0.05, 0) is 56.2 Å². The van der Waals surface area contributed by atoms with Gasteiger partial charge in [-0.1, -0.05) is 26.8 Å². The third-order valence-corrected chi connectivity index (χ3v) is 4.78. The van der Waals surface area contributed by atoms with Crippen molar-refractivity contribution in [1.82, 2.24) is 9.55 Å². The van der Waals surface area contributed by atoms with Crippen LogP contribution in [0, 0.1) is 5.41 Å². The minimum absolute atomic E-state index is 0.00825. The molecule has 1 fully saturated rings. The molecule has 5 heteroatoms. The first-order valence-corrected chi connectivity index (χ1v) is 9.09. The van der Waals surface area contributed by atoms with Gasteiger partial charge in [0, 0.05) is 12.5 Å². The van der Waals surface area contributed by atoms with Crippen molar-refractivity contribution >= 4 is 22.9 Å². The number of imidazole rings is 1. The van der Waals surface area contributed by atoms with Gasteiger partial charge >= 0.3 is 0 Å². The Kier molecular flexibility index (Phi) is 4.40. The van der Waals surface area contributed by atoms with Gasteiger partial charge in [0.1, 0.15) is 0 Å². The molecule has 5 nitrogen and oxygen atoms in total. The van der Waals surface area contributed by atoms with Crippen LogP contribution in [-0.2, 0) is 10.4 Å². The Morgan fingerprint density at radius 2 is 1.96 bits per heavy atom. The average Bonchev–Trinajstić information content (AvgIpc) is 2.71. The van der Waals surface area contributed by atoms with E-state index in [1.165, 1.54) is 6.42 Å². The molecule has 25 heavy (non-hydrogen) atoms. The van der Waals surface area contributed by atoms with Crippen LogP contribution in [-0.4, -0.2) is 20.6 Å². The standard InChI is InChI=1S/C20H29N3O2/c1-19(2,3)12-17(24)22-18-21-15-10-9-13(20(4,5)25)11-16(15)23(18)14-7-6-8-14/h9-11,14,25H,6-8,12H2,1-5H3,(H,21,22,24). The summed E-state index contributed by atoms with van der Waals surface area (Å²) in [6.07, 6.45) is 3.85. The molecule has 1 saturated carbocycles. The number of nitrogens with zero attached hydrogens (tertiary/aromatic N) is 2. The monoisotopic (exact) mass is 343 g/mol. The summed E-state index contributed by atoms with van der Waals surface area (Å²) >= 11 is 0. The zero-order valence-electron chi connectivity index (χ0n) is 15.9. The van der Waals surface area contributed by atoms with Crippen LogP contribution in [0.4, 0.5) is 5.95 Å². The first kappa shape index (κ1) is 17.9. The highest BCUT2D eigenvalue weighted by atomic mass is 16.3. The largest absolute Gasteiger partial charge is 0.386 e. The van der Waals surface area contributed by atoms with E-state index in [1.807, 2.05) is 18.2 Å². The van der Waals surface area contributed by atoms with Crippen molar-refractivity contribution in [2.24, 2.45) is 5.41 Å². The maximum atomic E-state index is 12.4. The number of hydrogen-bond acceptors (Lipinski definition) is 3. The van der Waals surface area contributed by atoms with E-state index in [-0.39, 0.29) is 11.3 Å². The van der Waals surface area contributed by atoms with E-state index < -0.39 is 5.60 Å². The first-order valence-electron chi connectivity index (χ1n) is 9.09. The maximum absolute atomic E-state index is 12.4. The third-order valence-electron chi connectivity index (χ3n) is 4.78. The maximum Gasteiger partial charge on any atom is 0.227 e. The number of benzene rings is 1. The zero-order chi connectivity index (χ0) is 18.4. The van der Waals surface area contributed by atoms with Crippen molar-refractivity contribution in [3.05, 3.63) is 23.8 Å². The highest BCUT2D eigenvalue weighted by molar-refractivity contribution is 5.92. The van der Waals surface area contributed by atoms with Gasteiger partial charge in [-0.3, -0.25) is 10.1 Å². The lowest BCUT2D eigenvalue weighted by molar-refractivity contribution is -0.117. The van der Waals surface area contributed by atoms with E-state index in [0.717, 1.165) is 29.4 Å². The molecule has 0 bridgehead atoms. The molecule has 0 aliphatic heterocycles. The summed E-state index contributed by atoms with van der Waals surface area (Å²) in [5.74, 6) is 0.618. The van der Waals surface area contributed by atoms with Gasteiger partial charge in [-0.2, -0.15) is 0 Å². The van der Waals surface area contributed by atoms with Gasteiger partial charge in [-0.15, -0.1) is 0 Å². The van der Waals surface area contributed by atoms with Crippen LogP contribution >= 0.6 is 0 Å². The summed E-state index contributed by atoms with van der Waals surface area (Å²) in [6.45, 7) is 9.72. The van der Waals surface area contributed by atoms with Gasteiger partial charge in [-0.25, -0.2) is 4.98 Å². The second kappa shape index (κ2) is 6.13. The molecule has 2 aromatic rings. The Bertz CT molecular complexity index is 790. The van der Waals surface area contributed by atoms with Crippen LogP contribution in [0.2, 0.25) is 0 Å². The normalized spacial score (nSPS) is 16.1. The number of carbonyl (C=O) groups excluding carboxylic acids is 1. The predicted octanol–water partition coefficient (Wildman–Crippen LogP) is 4.36. The van der Waals surface area contributed by atoms with Crippen molar-refractivity contribution in [2.75, 3.05) is 5.32 Å². The van der Waals surface area contributed by atoms with E-state index in [4.69, 9.17) is 0 Å². The zero-order valence-corrected chi connectivity index (χ0v) is 15.9. The summed E-state index contributed by atoms with van der Waals surface area (Å²) in [7, 11) is 0. The Morgan fingerprint density at radius 1 is 1.28 bits per heavy atom. The Hall–Kier alpha value is -1.88. The molecule has 0 radical (unpaired) electrons. The number of fused-ring (bicyclic) bond motifs is 1. The fraction of sp³-hybridized carbons (Fsp3) is 0.600. The Balaban J connectivity index is 2.01. The minimum Gasteiger partial charge on any atom is -0.386 e. The van der Waals surface area contributed by atoms with Crippen LogP contribution < -0.4 is 5.32 Å². The minimum atomic E-state index is -0.904. The number of amides is 1. The lowest BCUT2D eigenvalue weighted by Crippen LogP contribution is -2.24. The molecule has 0 atom stereocenters. The number of aromatic nitrogens is 2. The molecule has 1 amide bonds. The quantitative estimate of drug-likeness (QED) is 0.866. The fourth-order valence-corrected chi connectivity index (χ4v) is 3.23. The number of aliphatic hydroxyl groups is 1. The van der Waals surface area contributed by atoms with E-state index in [0.29, 0.717) is 18.4 Å². The fourth-order valence-electron chi connectivity index (χ4n) is 3.23. The van der Waals surface area contributed by atoms with E-state index >= 15 is 0 Å². The highest BCUT2D eigenvalue weighted by Crippen LogP contribution is 2.38. The Morgan fingerprint density at radius 3 is 2.48 bits per heavy atom. The molecule has 0 saturated heterocycles. The summed E-state index contributed by atoms with van der Waals surface area (Å²) in [4.78, 5) is 17.1. The number of rotatable bonds is 4. The molecule has 0 unspecified atom stereocenters. The van der Waals surface area contributed by atoms with E-state index in [9.17, 15) is 9.90 Å². The summed E-state index contributed by atoms with van der Waals surface area (Å²) in [6, 6.07) is 6.20. The van der Waals surface area contributed by atoms with Crippen molar-refractivity contribution in [3.63, 3.8) is 0 Å². The average molecular weight is 343 g/mol. The molecule has 0 spiro atoms. The summed E-state index contributed by atoms with van der Waals surface area (Å²) in [5.41, 5.74) is 1.72. The van der Waals surface area contributed by atoms with Crippen molar-refractivity contribution < 1.29 is 9.90 Å². The van der Waals surface area contributed by atoms with Crippen LogP contribution in [0.5, 0.6) is 0 Å². The first-order chi connectivity index (χ1) is 11.5. The predicted molar refractivity (Wildman–Crippen MR) is 101 cm³/mol. The Labute approximate surface area is 149 Å². The molecular formula is C20H29N3O2. The number of nitrogens with one attached hydrogen (secondary N) is 1. The van der Waals surface area contributed by atoms with Crippen molar-refractivity contribution in [3.8, 4) is 0 Å². The lowest BCUT2D eigenvalue weighted by Gasteiger charge is -2.29. The van der Waals surface area contributed by atoms with Gasteiger partial charge in [0.2, 0.25) is 11.9 Å². The molecule has 1 aliphatic carbocycles. The van der Waals surface area contributed by atoms with Crippen LogP contribution in [0.15, 0.2) is 18.2 Å². The van der Waals surface area contributed by atoms with Crippen molar-refractivity contribution in [2.45, 2.75) is 71.9 Å². The van der Waals surface area contributed by atoms with Crippen LogP contribution in [0.1, 0.15) is 71.9 Å². The SMILES string of the molecule is CC(C)(C)CC(=O)Nc1nc2ccc(C(C)(C)O)cc2n1C1CCC1. The molecule has 136 valence electrons. The highest BCUT2D eigenvalue weighted by Gasteiger charge is 2.27. The second-order valence-electron chi connectivity index (χ2n) is 8.94. The number of carbonyl (C=O) groups is 1. The molecule has 3 rings (SSSR count). The summed E-state index contributed by atoms with van der Waals surface area (Å²) < 4.78 is 2.15. The van der Waals surface area contributed by atoms with Gasteiger partial charge in [0.05, 0.1) is 16.6 Å². The summed E-state index contributed by atoms with van der Waals surface area (Å²) in [5, 5.41) is 13.3. The smallest absolute Gasteiger partial charge is 0.227 e. The number of anilines is 1. The van der Waals surface area contributed by atoms with E-state index in [1.54, 1.807) is 13.8 Å².